The normalized spacial score (nSPS) is 20.1. The average Bonchev–Trinajstić information content (AvgIpc) is 2.75. The molecular formula is C13H17NO8S. The second-order valence-electron chi connectivity index (χ2n) is 4.78. The van der Waals surface area contributed by atoms with E-state index in [1.54, 1.807) is 12.1 Å². The summed E-state index contributed by atoms with van der Waals surface area (Å²) in [7, 11) is -3.55. The van der Waals surface area contributed by atoms with Gasteiger partial charge in [0.2, 0.25) is 0 Å². The maximum atomic E-state index is 11.1. The van der Waals surface area contributed by atoms with E-state index in [9.17, 15) is 18.0 Å². The Hall–Kier alpha value is -1.85. The number of aliphatic hydroxyl groups is 4. The summed E-state index contributed by atoms with van der Waals surface area (Å²) in [5, 5.41) is 35.1. The lowest BCUT2D eigenvalue weighted by Gasteiger charge is -2.21. The molecule has 0 saturated heterocycles. The van der Waals surface area contributed by atoms with Gasteiger partial charge in [0.25, 0.3) is 15.9 Å². The van der Waals surface area contributed by atoms with Crippen molar-refractivity contribution in [3.05, 3.63) is 29.8 Å². The van der Waals surface area contributed by atoms with E-state index in [1.807, 2.05) is 4.72 Å². The van der Waals surface area contributed by atoms with E-state index < -0.39 is 40.3 Å². The van der Waals surface area contributed by atoms with E-state index >= 15 is 0 Å². The van der Waals surface area contributed by atoms with Crippen molar-refractivity contribution in [2.45, 2.75) is 36.2 Å². The lowest BCUT2D eigenvalue weighted by molar-refractivity contribution is -0.132. The fourth-order valence-electron chi connectivity index (χ4n) is 1.69. The van der Waals surface area contributed by atoms with Gasteiger partial charge in [-0.25, -0.2) is 13.1 Å². The van der Waals surface area contributed by atoms with Crippen molar-refractivity contribution in [3.63, 3.8) is 0 Å². The number of nitrogens with one attached hydrogen (secondary N) is 1. The lowest BCUT2D eigenvalue weighted by Crippen LogP contribution is -2.43. The second kappa shape index (κ2) is 7.62. The standard InChI is InChI=1S/C7H5NO3S.C6H12O5/c9-7-5-3-1-2-4-6(5)12(10,11)8-7;1-3(8)5(10)6(11)4(9)2-7/h1-4H,(H,8,9);2-6,8-11H,1H3/t;3-,4+,5+,6-/m.0/s1. The SMILES string of the molecule is C[C@H](O)[C@@H](O)[C@@H](O)[C@H](O)C=O.O=C1NS(=O)(=O)c2ccccc21. The molecule has 0 aromatic heterocycles. The van der Waals surface area contributed by atoms with Crippen LogP contribution in [0.5, 0.6) is 0 Å². The molecule has 1 aliphatic heterocycles. The predicted octanol–water partition coefficient (Wildman–Crippen LogP) is -2.23. The zero-order valence-electron chi connectivity index (χ0n) is 12.0. The molecule has 0 radical (unpaired) electrons. The minimum Gasteiger partial charge on any atom is -0.391 e. The highest BCUT2D eigenvalue weighted by Gasteiger charge is 2.31. The van der Waals surface area contributed by atoms with Gasteiger partial charge in [0.15, 0.2) is 6.29 Å². The molecule has 5 N–H and O–H groups in total. The molecule has 1 amide bonds. The van der Waals surface area contributed by atoms with Crippen molar-refractivity contribution in [3.8, 4) is 0 Å². The van der Waals surface area contributed by atoms with Gasteiger partial charge in [0.05, 0.1) is 11.7 Å². The Labute approximate surface area is 132 Å². The number of fused-ring (bicyclic) bond motifs is 1. The van der Waals surface area contributed by atoms with E-state index in [0.29, 0.717) is 0 Å². The summed E-state index contributed by atoms with van der Waals surface area (Å²) in [4.78, 5) is 20.9. The molecule has 1 aliphatic rings. The molecular weight excluding hydrogens is 330 g/mol. The Balaban J connectivity index is 0.000000232. The molecule has 0 saturated carbocycles. The molecule has 0 aliphatic carbocycles. The summed E-state index contributed by atoms with van der Waals surface area (Å²) in [6.45, 7) is 1.24. The van der Waals surface area contributed by atoms with E-state index in [2.05, 4.69) is 0 Å². The van der Waals surface area contributed by atoms with Crippen LogP contribution >= 0.6 is 0 Å². The van der Waals surface area contributed by atoms with Crippen molar-refractivity contribution >= 4 is 22.2 Å². The first-order valence-corrected chi connectivity index (χ1v) is 7.94. The zero-order valence-corrected chi connectivity index (χ0v) is 12.8. The molecule has 10 heteroatoms. The first kappa shape index (κ1) is 19.2. The Morgan fingerprint density at radius 2 is 1.65 bits per heavy atom. The van der Waals surface area contributed by atoms with Gasteiger partial charge < -0.3 is 25.2 Å². The monoisotopic (exact) mass is 347 g/mol. The smallest absolute Gasteiger partial charge is 0.266 e. The van der Waals surface area contributed by atoms with Crippen LogP contribution in [0.15, 0.2) is 29.2 Å². The van der Waals surface area contributed by atoms with Crippen LogP contribution in [0.1, 0.15) is 17.3 Å². The highest BCUT2D eigenvalue weighted by Crippen LogP contribution is 2.20. The Kier molecular flexibility index (Phi) is 6.36. The van der Waals surface area contributed by atoms with Gasteiger partial charge in [0, 0.05) is 0 Å². The third-order valence-corrected chi connectivity index (χ3v) is 4.37. The van der Waals surface area contributed by atoms with Crippen LogP contribution < -0.4 is 4.72 Å². The topological polar surface area (TPSA) is 161 Å². The van der Waals surface area contributed by atoms with Crippen LogP contribution in [0.3, 0.4) is 0 Å². The average molecular weight is 347 g/mol. The Morgan fingerprint density at radius 1 is 1.09 bits per heavy atom. The van der Waals surface area contributed by atoms with Crippen molar-refractivity contribution in [2.75, 3.05) is 0 Å². The molecule has 1 heterocycles. The van der Waals surface area contributed by atoms with E-state index in [-0.39, 0.29) is 16.7 Å². The van der Waals surface area contributed by atoms with Gasteiger partial charge in [-0.1, -0.05) is 12.1 Å². The molecule has 2 rings (SSSR count). The number of benzene rings is 1. The van der Waals surface area contributed by atoms with Gasteiger partial charge in [-0.2, -0.15) is 0 Å². The van der Waals surface area contributed by atoms with E-state index in [0.717, 1.165) is 0 Å². The number of aliphatic hydroxyl groups excluding tert-OH is 4. The Morgan fingerprint density at radius 3 is 2.13 bits per heavy atom. The number of sulfonamides is 1. The zero-order chi connectivity index (χ0) is 17.8. The summed E-state index contributed by atoms with van der Waals surface area (Å²) < 4.78 is 24.2. The fourth-order valence-corrected chi connectivity index (χ4v) is 2.86. The van der Waals surface area contributed by atoms with Gasteiger partial charge in [-0.15, -0.1) is 0 Å². The third kappa shape index (κ3) is 4.56. The van der Waals surface area contributed by atoms with Crippen LogP contribution in [-0.4, -0.2) is 65.5 Å². The molecule has 4 atom stereocenters. The first-order chi connectivity index (χ1) is 10.6. The second-order valence-corrected chi connectivity index (χ2v) is 6.43. The minimum atomic E-state index is -3.55. The fraction of sp³-hybridized carbons (Fsp3) is 0.385. The summed E-state index contributed by atoms with van der Waals surface area (Å²) in [6.07, 6.45) is -5.88. The van der Waals surface area contributed by atoms with E-state index in [4.69, 9.17) is 20.4 Å². The molecule has 0 unspecified atom stereocenters. The Bertz CT molecular complexity index is 672. The lowest BCUT2D eigenvalue weighted by atomic mass is 10.1. The van der Waals surface area contributed by atoms with E-state index in [1.165, 1.54) is 19.1 Å². The van der Waals surface area contributed by atoms with Gasteiger partial charge in [-0.05, 0) is 19.1 Å². The van der Waals surface area contributed by atoms with Crippen molar-refractivity contribution in [2.24, 2.45) is 0 Å². The highest BCUT2D eigenvalue weighted by molar-refractivity contribution is 7.90. The summed E-state index contributed by atoms with van der Waals surface area (Å²) in [6, 6.07) is 6.09. The number of amides is 1. The molecule has 128 valence electrons. The van der Waals surface area contributed by atoms with Crippen LogP contribution in [0.4, 0.5) is 0 Å². The largest absolute Gasteiger partial charge is 0.391 e. The molecule has 0 bridgehead atoms. The van der Waals surface area contributed by atoms with Gasteiger partial charge in [0.1, 0.15) is 23.2 Å². The number of carbonyl (C=O) groups excluding carboxylic acids is 2. The number of rotatable bonds is 4. The number of aldehydes is 1. The molecule has 23 heavy (non-hydrogen) atoms. The molecule has 1 aromatic carbocycles. The maximum absolute atomic E-state index is 11.1. The molecule has 9 nitrogen and oxygen atoms in total. The van der Waals surface area contributed by atoms with Crippen molar-refractivity contribution < 1.29 is 38.4 Å². The summed E-state index contributed by atoms with van der Waals surface area (Å²) in [5.41, 5.74) is 0.220. The number of hydrogen-bond donors (Lipinski definition) is 5. The molecule has 0 fully saturated rings. The van der Waals surface area contributed by atoms with Crippen LogP contribution in [0, 0.1) is 0 Å². The van der Waals surface area contributed by atoms with Crippen molar-refractivity contribution in [1.29, 1.82) is 0 Å². The molecule has 1 aromatic rings. The quantitative estimate of drug-likeness (QED) is 0.382. The highest BCUT2D eigenvalue weighted by atomic mass is 32.2. The van der Waals surface area contributed by atoms with Crippen LogP contribution in [-0.2, 0) is 14.8 Å². The van der Waals surface area contributed by atoms with Crippen LogP contribution in [0.25, 0.3) is 0 Å². The van der Waals surface area contributed by atoms with Gasteiger partial charge in [-0.3, -0.25) is 4.79 Å². The van der Waals surface area contributed by atoms with Gasteiger partial charge >= 0.3 is 0 Å². The number of carbonyl (C=O) groups is 2. The molecule has 0 spiro atoms. The maximum Gasteiger partial charge on any atom is 0.266 e. The number of hydrogen-bond acceptors (Lipinski definition) is 8. The summed E-state index contributed by atoms with van der Waals surface area (Å²) >= 11 is 0. The summed E-state index contributed by atoms with van der Waals surface area (Å²) in [5.74, 6) is -0.550. The van der Waals surface area contributed by atoms with Crippen molar-refractivity contribution in [1.82, 2.24) is 4.72 Å². The predicted molar refractivity (Wildman–Crippen MR) is 76.9 cm³/mol. The third-order valence-electron chi connectivity index (χ3n) is 2.98. The first-order valence-electron chi connectivity index (χ1n) is 6.45. The minimum absolute atomic E-state index is 0.0648. The van der Waals surface area contributed by atoms with Crippen LogP contribution in [0.2, 0.25) is 0 Å².